The Balaban J connectivity index is 0.000000452. The predicted octanol–water partition coefficient (Wildman–Crippen LogP) is 16.3. The first-order valence-electron chi connectivity index (χ1n) is 21.8. The minimum atomic E-state index is -0.254. The zero-order valence-electron chi connectivity index (χ0n) is 37.5. The fourth-order valence-electron chi connectivity index (χ4n) is 7.18. The van der Waals surface area contributed by atoms with Gasteiger partial charge in [-0.1, -0.05) is 243 Å². The molecule has 0 spiro atoms. The second kappa shape index (κ2) is 27.6. The van der Waals surface area contributed by atoms with Crippen LogP contribution < -0.4 is 0 Å². The lowest BCUT2D eigenvalue weighted by Gasteiger charge is -2.33. The summed E-state index contributed by atoms with van der Waals surface area (Å²) in [5.74, 6) is 0. The van der Waals surface area contributed by atoms with Crippen LogP contribution in [0.5, 0.6) is 0 Å². The first-order valence-corrected chi connectivity index (χ1v) is 21.8. The van der Waals surface area contributed by atoms with Crippen molar-refractivity contribution >= 4 is 21.8 Å². The number of benzene rings is 6. The van der Waals surface area contributed by atoms with Gasteiger partial charge in [-0.15, -0.1) is 0 Å². The topological polar surface area (TPSA) is 8.17 Å². The average molecular weight is 751 g/mol. The van der Waals surface area contributed by atoms with E-state index in [4.69, 9.17) is 0 Å². The lowest BCUT2D eigenvalue weighted by Crippen LogP contribution is -2.28. The fourth-order valence-corrected chi connectivity index (χ4v) is 7.18. The Morgan fingerprint density at radius 3 is 1.04 bits per heavy atom. The van der Waals surface area contributed by atoms with Gasteiger partial charge in [-0.2, -0.15) is 0 Å². The molecular formula is C54H74N2. The molecule has 0 saturated carbocycles. The monoisotopic (exact) mass is 751 g/mol. The lowest BCUT2D eigenvalue weighted by atomic mass is 9.68. The minimum absolute atomic E-state index is 0.254. The normalized spacial score (nSPS) is 10.8. The van der Waals surface area contributed by atoms with E-state index in [0.717, 1.165) is 19.8 Å². The number of hydrogen-bond acceptors (Lipinski definition) is 1. The standard InChI is InChI=1S/C25H18.C17H20N2.6C2H6/c1-3-11-19(12-4-1)25(20-13-5-2-6-14-20)23-17-9-7-15-21(23)22-16-8-10-18-24(22)25;1-3-18(4-2)13-19-16-11-7-5-9-14(16)15-10-6-8-12-17(15)19;6*1-2/h1-18H;5-12H,3-4,13H2,1-2H3;6*1-2H3. The molecule has 300 valence electrons. The van der Waals surface area contributed by atoms with Crippen molar-refractivity contribution in [3.8, 4) is 11.1 Å². The van der Waals surface area contributed by atoms with Crippen molar-refractivity contribution in [1.29, 1.82) is 0 Å². The molecule has 2 nitrogen and oxygen atoms in total. The smallest absolute Gasteiger partial charge is 0.0756 e. The van der Waals surface area contributed by atoms with Crippen LogP contribution in [-0.2, 0) is 12.1 Å². The van der Waals surface area contributed by atoms with Crippen molar-refractivity contribution in [1.82, 2.24) is 9.47 Å². The zero-order valence-corrected chi connectivity index (χ0v) is 37.5. The Kier molecular flexibility index (Phi) is 24.2. The summed E-state index contributed by atoms with van der Waals surface area (Å²) in [6.07, 6.45) is 0. The maximum atomic E-state index is 2.44. The number of nitrogens with zero attached hydrogens (tertiary/aromatic N) is 2. The summed E-state index contributed by atoms with van der Waals surface area (Å²) in [4.78, 5) is 2.44. The summed E-state index contributed by atoms with van der Waals surface area (Å²) in [6.45, 7) is 31.6. The Bertz CT molecular complexity index is 1880. The zero-order chi connectivity index (χ0) is 41.9. The van der Waals surface area contributed by atoms with Gasteiger partial charge >= 0.3 is 0 Å². The maximum Gasteiger partial charge on any atom is 0.0756 e. The highest BCUT2D eigenvalue weighted by atomic mass is 15.2. The molecule has 1 aromatic heterocycles. The number of fused-ring (bicyclic) bond motifs is 6. The van der Waals surface area contributed by atoms with E-state index in [2.05, 4.69) is 181 Å². The lowest BCUT2D eigenvalue weighted by molar-refractivity contribution is 0.249. The number of rotatable bonds is 6. The Hall–Kier alpha value is -4.92. The van der Waals surface area contributed by atoms with E-state index in [-0.39, 0.29) is 5.41 Å². The molecule has 0 radical (unpaired) electrons. The molecule has 0 atom stereocenters. The maximum absolute atomic E-state index is 2.44. The van der Waals surface area contributed by atoms with Crippen LogP contribution in [-0.4, -0.2) is 22.6 Å². The van der Waals surface area contributed by atoms with Crippen LogP contribution >= 0.6 is 0 Å². The van der Waals surface area contributed by atoms with Gasteiger partial charge in [-0.25, -0.2) is 0 Å². The summed E-state index contributed by atoms with van der Waals surface area (Å²) in [5, 5.41) is 2.70. The summed E-state index contributed by atoms with van der Waals surface area (Å²) >= 11 is 0. The van der Waals surface area contributed by atoms with Crippen molar-refractivity contribution in [3.63, 3.8) is 0 Å². The average Bonchev–Trinajstić information content (AvgIpc) is 3.81. The first kappa shape index (κ1) is 49.1. The van der Waals surface area contributed by atoms with Crippen LogP contribution in [0.3, 0.4) is 0 Å². The van der Waals surface area contributed by atoms with Gasteiger partial charge in [0.25, 0.3) is 0 Å². The van der Waals surface area contributed by atoms with Crippen LogP contribution in [0.4, 0.5) is 0 Å². The molecule has 0 N–H and O–H groups in total. The number of aromatic nitrogens is 1. The summed E-state index contributed by atoms with van der Waals surface area (Å²) in [7, 11) is 0. The second-order valence-corrected chi connectivity index (χ2v) is 11.5. The van der Waals surface area contributed by atoms with Crippen LogP contribution in [0.15, 0.2) is 158 Å². The van der Waals surface area contributed by atoms with Crippen LogP contribution in [0.1, 0.15) is 119 Å². The Morgan fingerprint density at radius 1 is 0.375 bits per heavy atom. The number of hydrogen-bond donors (Lipinski definition) is 0. The molecule has 0 aliphatic heterocycles. The van der Waals surface area contributed by atoms with Gasteiger partial charge in [-0.05, 0) is 58.6 Å². The van der Waals surface area contributed by atoms with Gasteiger partial charge in [0.1, 0.15) is 0 Å². The van der Waals surface area contributed by atoms with E-state index in [1.54, 1.807) is 0 Å². The van der Waals surface area contributed by atoms with Crippen molar-refractivity contribution in [2.75, 3.05) is 13.1 Å². The third-order valence-electron chi connectivity index (χ3n) is 9.28. The quantitative estimate of drug-likeness (QED) is 0.164. The van der Waals surface area contributed by atoms with Crippen LogP contribution in [0, 0.1) is 0 Å². The molecule has 0 amide bonds. The van der Waals surface area contributed by atoms with Gasteiger partial charge in [0.05, 0.1) is 23.1 Å². The van der Waals surface area contributed by atoms with Crippen molar-refractivity contribution < 1.29 is 0 Å². The van der Waals surface area contributed by atoms with Gasteiger partial charge < -0.3 is 4.57 Å². The molecule has 6 aromatic carbocycles. The third kappa shape index (κ3) is 10.7. The second-order valence-electron chi connectivity index (χ2n) is 11.5. The van der Waals surface area contributed by atoms with Crippen molar-refractivity contribution in [2.45, 2.75) is 109 Å². The Labute approximate surface area is 343 Å². The van der Waals surface area contributed by atoms with E-state index in [9.17, 15) is 0 Å². The van der Waals surface area contributed by atoms with E-state index in [1.165, 1.54) is 55.2 Å². The summed E-state index contributed by atoms with van der Waals surface area (Å²) in [6, 6.07) is 56.8. The van der Waals surface area contributed by atoms with Crippen LogP contribution in [0.2, 0.25) is 0 Å². The molecule has 1 heterocycles. The minimum Gasteiger partial charge on any atom is -0.327 e. The highest BCUT2D eigenvalue weighted by Gasteiger charge is 2.45. The van der Waals surface area contributed by atoms with Gasteiger partial charge in [0.2, 0.25) is 0 Å². The molecule has 7 aromatic rings. The number of para-hydroxylation sites is 2. The highest BCUT2D eigenvalue weighted by molar-refractivity contribution is 6.07. The van der Waals surface area contributed by atoms with Gasteiger partial charge in [0, 0.05) is 10.8 Å². The van der Waals surface area contributed by atoms with E-state index >= 15 is 0 Å². The molecule has 1 aliphatic rings. The van der Waals surface area contributed by atoms with Crippen molar-refractivity contribution in [2.24, 2.45) is 0 Å². The van der Waals surface area contributed by atoms with Crippen molar-refractivity contribution in [3.05, 3.63) is 180 Å². The fraction of sp³-hybridized carbons (Fsp3) is 0.333. The molecule has 0 fully saturated rings. The van der Waals surface area contributed by atoms with Gasteiger partial charge in [0.15, 0.2) is 0 Å². The Morgan fingerprint density at radius 2 is 0.679 bits per heavy atom. The SMILES string of the molecule is CC.CC.CC.CC.CC.CC.CCN(CC)Cn1c2ccccc2c2ccccc21.c1ccc(C2(c3ccccc3)c3ccccc3-c3ccccc32)cc1. The largest absolute Gasteiger partial charge is 0.327 e. The third-order valence-corrected chi connectivity index (χ3v) is 9.28. The molecule has 1 aliphatic carbocycles. The molecule has 0 bridgehead atoms. The van der Waals surface area contributed by atoms with Gasteiger partial charge in [-0.3, -0.25) is 4.90 Å². The summed E-state index contributed by atoms with van der Waals surface area (Å²) in [5.41, 5.74) is 10.5. The van der Waals surface area contributed by atoms with E-state index < -0.39 is 0 Å². The van der Waals surface area contributed by atoms with E-state index in [0.29, 0.717) is 0 Å². The molecule has 0 saturated heterocycles. The molecule has 2 heteroatoms. The molecular weight excluding hydrogens is 677 g/mol. The summed E-state index contributed by atoms with van der Waals surface area (Å²) < 4.78 is 2.43. The van der Waals surface area contributed by atoms with E-state index in [1.807, 2.05) is 83.1 Å². The predicted molar refractivity (Wildman–Crippen MR) is 254 cm³/mol. The van der Waals surface area contributed by atoms with Crippen LogP contribution in [0.25, 0.3) is 32.9 Å². The highest BCUT2D eigenvalue weighted by Crippen LogP contribution is 2.55. The molecule has 8 rings (SSSR count). The molecule has 0 unspecified atom stereocenters. The molecule has 56 heavy (non-hydrogen) atoms. The first-order chi connectivity index (χ1) is 27.8.